The molecule has 1 N–H and O–H groups in total. The number of hydrogen-bond donors (Lipinski definition) is 1. The van der Waals surface area contributed by atoms with Crippen LogP contribution >= 0.6 is 0 Å². The number of amides is 1. The van der Waals surface area contributed by atoms with Crippen LogP contribution < -0.4 is 5.56 Å². The fraction of sp³-hybridized carbons (Fsp3) is 0.381. The number of hydrogen-bond acceptors (Lipinski definition) is 4. The summed E-state index contributed by atoms with van der Waals surface area (Å²) in [5.74, 6) is -0.0880. The Morgan fingerprint density at radius 1 is 1.14 bits per heavy atom. The lowest BCUT2D eigenvalue weighted by Gasteiger charge is -2.34. The number of aromatic amines is 1. The van der Waals surface area contributed by atoms with Crippen LogP contribution in [0.3, 0.4) is 0 Å². The van der Waals surface area contributed by atoms with Gasteiger partial charge in [0.15, 0.2) is 5.65 Å². The highest BCUT2D eigenvalue weighted by Gasteiger charge is 2.25. The maximum atomic E-state index is 13.1. The van der Waals surface area contributed by atoms with Crippen molar-refractivity contribution in [3.63, 3.8) is 0 Å². The van der Waals surface area contributed by atoms with Crippen LogP contribution in [0.25, 0.3) is 11.0 Å². The third-order valence-electron chi connectivity index (χ3n) is 5.39. The summed E-state index contributed by atoms with van der Waals surface area (Å²) in [5.41, 5.74) is 2.76. The van der Waals surface area contributed by atoms with Gasteiger partial charge in [0.05, 0.1) is 10.9 Å². The number of nitrogens with one attached hydrogen (secondary N) is 1. The third kappa shape index (κ3) is 3.57. The van der Waals surface area contributed by atoms with Crippen LogP contribution in [0.2, 0.25) is 0 Å². The van der Waals surface area contributed by atoms with Gasteiger partial charge in [0.2, 0.25) is 0 Å². The molecule has 0 aliphatic carbocycles. The van der Waals surface area contributed by atoms with E-state index in [2.05, 4.69) is 39.2 Å². The number of fused-ring (bicyclic) bond motifs is 1. The van der Waals surface area contributed by atoms with Gasteiger partial charge in [-0.05, 0) is 25.0 Å². The normalized spacial score (nSPS) is 15.3. The summed E-state index contributed by atoms with van der Waals surface area (Å²) in [5, 5.41) is 3.08. The van der Waals surface area contributed by atoms with Gasteiger partial charge in [-0.15, -0.1) is 0 Å². The molecule has 0 bridgehead atoms. The van der Waals surface area contributed by atoms with Gasteiger partial charge in [0.1, 0.15) is 0 Å². The molecule has 0 radical (unpaired) electrons. The van der Waals surface area contributed by atoms with Crippen LogP contribution in [-0.4, -0.2) is 63.2 Å². The second-order valence-electron chi connectivity index (χ2n) is 7.38. The van der Waals surface area contributed by atoms with E-state index >= 15 is 0 Å². The van der Waals surface area contributed by atoms with Crippen LogP contribution in [0, 0.1) is 6.92 Å². The first-order valence-electron chi connectivity index (χ1n) is 9.65. The maximum Gasteiger partial charge on any atom is 0.274 e. The predicted molar refractivity (Wildman–Crippen MR) is 109 cm³/mol. The average molecular weight is 379 g/mol. The van der Waals surface area contributed by atoms with Crippen LogP contribution in [-0.2, 0) is 13.5 Å². The molecule has 7 nitrogen and oxygen atoms in total. The summed E-state index contributed by atoms with van der Waals surface area (Å²) in [6.45, 7) is 5.86. The second kappa shape index (κ2) is 7.59. The summed E-state index contributed by atoms with van der Waals surface area (Å²) in [4.78, 5) is 34.1. The highest BCUT2D eigenvalue weighted by molar-refractivity contribution is 6.05. The Labute approximate surface area is 163 Å². The van der Waals surface area contributed by atoms with Crippen molar-refractivity contribution < 1.29 is 4.79 Å². The first kappa shape index (κ1) is 18.4. The number of benzene rings is 1. The molecule has 3 aromatic rings. The van der Waals surface area contributed by atoms with Gasteiger partial charge in [-0.3, -0.25) is 24.3 Å². The molecule has 7 heteroatoms. The minimum absolute atomic E-state index is 0.0880. The number of rotatable bonds is 4. The molecular weight excluding hydrogens is 354 g/mol. The van der Waals surface area contributed by atoms with Gasteiger partial charge in [-0.1, -0.05) is 30.3 Å². The largest absolute Gasteiger partial charge is 0.336 e. The number of H-pyrrole nitrogens is 1. The molecule has 0 atom stereocenters. The predicted octanol–water partition coefficient (Wildman–Crippen LogP) is 1.57. The Balaban J connectivity index is 1.45. The van der Waals surface area contributed by atoms with Gasteiger partial charge in [0.25, 0.3) is 11.5 Å². The lowest BCUT2D eigenvalue weighted by Crippen LogP contribution is -2.49. The highest BCUT2D eigenvalue weighted by atomic mass is 16.2. The molecule has 0 unspecified atom stereocenters. The molecule has 2 aromatic heterocycles. The highest BCUT2D eigenvalue weighted by Crippen LogP contribution is 2.18. The van der Waals surface area contributed by atoms with Crippen LogP contribution in [0.1, 0.15) is 21.6 Å². The van der Waals surface area contributed by atoms with Gasteiger partial charge in [-0.2, -0.15) is 0 Å². The molecule has 1 aromatic carbocycles. The molecule has 1 amide bonds. The molecule has 1 fully saturated rings. The molecule has 0 spiro atoms. The van der Waals surface area contributed by atoms with E-state index < -0.39 is 0 Å². The summed E-state index contributed by atoms with van der Waals surface area (Å²) < 4.78 is 1.57. The van der Waals surface area contributed by atoms with Crippen molar-refractivity contribution in [2.24, 2.45) is 7.05 Å². The van der Waals surface area contributed by atoms with Gasteiger partial charge < -0.3 is 4.90 Å². The zero-order valence-electron chi connectivity index (χ0n) is 16.3. The summed E-state index contributed by atoms with van der Waals surface area (Å²) >= 11 is 0. The molecule has 146 valence electrons. The van der Waals surface area contributed by atoms with Gasteiger partial charge in [-0.25, -0.2) is 4.98 Å². The molecule has 28 heavy (non-hydrogen) atoms. The number of pyridine rings is 1. The molecule has 1 aliphatic rings. The zero-order chi connectivity index (χ0) is 19.7. The monoisotopic (exact) mass is 379 g/mol. The number of nitrogens with zero attached hydrogens (tertiary/aromatic N) is 4. The van der Waals surface area contributed by atoms with Crippen molar-refractivity contribution in [2.75, 3.05) is 32.7 Å². The van der Waals surface area contributed by atoms with E-state index in [1.807, 2.05) is 17.9 Å². The Hall–Kier alpha value is -2.93. The van der Waals surface area contributed by atoms with E-state index in [4.69, 9.17) is 0 Å². The minimum atomic E-state index is -0.269. The fourth-order valence-corrected chi connectivity index (χ4v) is 3.83. The number of aromatic nitrogens is 3. The summed E-state index contributed by atoms with van der Waals surface area (Å²) in [7, 11) is 1.73. The number of carbonyl (C=O) groups is 1. The van der Waals surface area contributed by atoms with Gasteiger partial charge >= 0.3 is 0 Å². The summed E-state index contributed by atoms with van der Waals surface area (Å²) in [6, 6.07) is 12.2. The quantitative estimate of drug-likeness (QED) is 0.747. The first-order valence-corrected chi connectivity index (χ1v) is 9.65. The zero-order valence-corrected chi connectivity index (χ0v) is 16.3. The Kier molecular flexibility index (Phi) is 5.00. The minimum Gasteiger partial charge on any atom is -0.336 e. The Morgan fingerprint density at radius 3 is 2.57 bits per heavy atom. The van der Waals surface area contributed by atoms with Crippen molar-refractivity contribution in [1.82, 2.24) is 24.6 Å². The van der Waals surface area contributed by atoms with Crippen LogP contribution in [0.4, 0.5) is 0 Å². The molecular formula is C21H25N5O2. The van der Waals surface area contributed by atoms with E-state index in [1.165, 1.54) is 5.56 Å². The van der Waals surface area contributed by atoms with Crippen LogP contribution in [0.5, 0.6) is 0 Å². The smallest absolute Gasteiger partial charge is 0.274 e. The number of carbonyl (C=O) groups excluding carboxylic acids is 1. The second-order valence-corrected chi connectivity index (χ2v) is 7.38. The SMILES string of the molecule is Cc1cc(C(=O)N2CCN(CCc3ccccc3)CC2)c2c(=O)[nH]n(C)c2n1. The standard InChI is InChI=1S/C21H25N5O2/c1-15-14-17(18-19(22-15)24(2)23-20(18)27)21(28)26-12-10-25(11-13-26)9-8-16-6-4-3-5-7-16/h3-7,14H,8-13H2,1-2H3,(H,23,27). The van der Waals surface area contributed by atoms with E-state index in [0.717, 1.165) is 31.7 Å². The van der Waals surface area contributed by atoms with E-state index in [1.54, 1.807) is 17.8 Å². The topological polar surface area (TPSA) is 74.2 Å². The van der Waals surface area contributed by atoms with Gasteiger partial charge in [0, 0.05) is 45.5 Å². The first-order chi connectivity index (χ1) is 13.5. The Morgan fingerprint density at radius 2 is 1.86 bits per heavy atom. The molecule has 4 rings (SSSR count). The van der Waals surface area contributed by atoms with E-state index in [9.17, 15) is 9.59 Å². The molecule has 1 aliphatic heterocycles. The molecule has 1 saturated heterocycles. The van der Waals surface area contributed by atoms with Crippen molar-refractivity contribution >= 4 is 16.9 Å². The van der Waals surface area contributed by atoms with Crippen molar-refractivity contribution in [3.05, 3.63) is 63.6 Å². The van der Waals surface area contributed by atoms with E-state index in [-0.39, 0.29) is 11.5 Å². The average Bonchev–Trinajstić information content (AvgIpc) is 3.00. The van der Waals surface area contributed by atoms with Crippen molar-refractivity contribution in [2.45, 2.75) is 13.3 Å². The number of aryl methyl sites for hydroxylation is 2. The van der Waals surface area contributed by atoms with Crippen molar-refractivity contribution in [3.8, 4) is 0 Å². The molecule has 0 saturated carbocycles. The lowest BCUT2D eigenvalue weighted by molar-refractivity contribution is 0.0640. The number of piperazine rings is 1. The summed E-state index contributed by atoms with van der Waals surface area (Å²) in [6.07, 6.45) is 1.01. The maximum absolute atomic E-state index is 13.1. The van der Waals surface area contributed by atoms with E-state index in [0.29, 0.717) is 29.7 Å². The lowest BCUT2D eigenvalue weighted by atomic mass is 10.1. The van der Waals surface area contributed by atoms with Crippen molar-refractivity contribution in [1.29, 1.82) is 0 Å². The fourth-order valence-electron chi connectivity index (χ4n) is 3.83. The third-order valence-corrected chi connectivity index (χ3v) is 5.39. The van der Waals surface area contributed by atoms with Crippen LogP contribution in [0.15, 0.2) is 41.2 Å². The molecule has 3 heterocycles. The Bertz CT molecular complexity index is 1050.